The van der Waals surface area contributed by atoms with E-state index in [1.165, 1.54) is 22.4 Å². The second-order valence-corrected chi connectivity index (χ2v) is 7.90. The van der Waals surface area contributed by atoms with Crippen LogP contribution in [0.25, 0.3) is 6.08 Å². The summed E-state index contributed by atoms with van der Waals surface area (Å²) in [6.07, 6.45) is 2.30. The van der Waals surface area contributed by atoms with Crippen molar-refractivity contribution in [3.8, 4) is 0 Å². The molecule has 5 rings (SSSR count). The lowest BCUT2D eigenvalue weighted by molar-refractivity contribution is 0.303. The van der Waals surface area contributed by atoms with Gasteiger partial charge in [-0.25, -0.2) is 0 Å². The molecule has 1 saturated heterocycles. The van der Waals surface area contributed by atoms with E-state index in [1.807, 2.05) is 0 Å². The Labute approximate surface area is 172 Å². The predicted molar refractivity (Wildman–Crippen MR) is 121 cm³/mol. The van der Waals surface area contributed by atoms with Crippen molar-refractivity contribution < 1.29 is 0 Å². The lowest BCUT2D eigenvalue weighted by Gasteiger charge is -2.34. The van der Waals surface area contributed by atoms with Crippen LogP contribution in [0.2, 0.25) is 0 Å². The molecule has 2 heterocycles. The number of benzene rings is 3. The molecule has 3 aromatic rings. The number of rotatable bonds is 3. The maximum absolute atomic E-state index is 5.21. The van der Waals surface area contributed by atoms with Gasteiger partial charge in [0.1, 0.15) is 0 Å². The van der Waals surface area contributed by atoms with Crippen LogP contribution in [0.4, 0.5) is 5.69 Å². The molecule has 2 atom stereocenters. The van der Waals surface area contributed by atoms with Gasteiger partial charge in [-0.15, -0.1) is 0 Å². The van der Waals surface area contributed by atoms with Crippen LogP contribution < -0.4 is 5.01 Å². The Morgan fingerprint density at radius 2 is 1.45 bits per heavy atom. The number of para-hydroxylation sites is 1. The Hall–Kier alpha value is -3.17. The molecule has 3 aromatic carbocycles. The lowest BCUT2D eigenvalue weighted by Crippen LogP contribution is -2.41. The zero-order valence-corrected chi connectivity index (χ0v) is 16.6. The molecule has 3 heteroatoms. The van der Waals surface area contributed by atoms with Crippen LogP contribution in [0.3, 0.4) is 0 Å². The molecule has 1 fully saturated rings. The first-order chi connectivity index (χ1) is 14.3. The number of likely N-dealkylation sites (tertiary alicyclic amines) is 1. The molecule has 0 bridgehead atoms. The van der Waals surface area contributed by atoms with Gasteiger partial charge in [0.15, 0.2) is 0 Å². The number of anilines is 1. The average molecular weight is 380 g/mol. The summed E-state index contributed by atoms with van der Waals surface area (Å²) in [4.78, 5) is 2.42. The fourth-order valence-corrected chi connectivity index (χ4v) is 4.53. The van der Waals surface area contributed by atoms with Gasteiger partial charge in [0.05, 0.1) is 17.4 Å². The first-order valence-electron chi connectivity index (χ1n) is 10.2. The summed E-state index contributed by atoms with van der Waals surface area (Å²) in [6, 6.07) is 32.1. The molecule has 0 saturated carbocycles. The van der Waals surface area contributed by atoms with E-state index in [0.29, 0.717) is 5.92 Å². The van der Waals surface area contributed by atoms with Gasteiger partial charge in [-0.1, -0.05) is 78.9 Å². The number of hydrazone groups is 1. The Bertz CT molecular complexity index is 1030. The van der Waals surface area contributed by atoms with Crippen molar-refractivity contribution in [2.45, 2.75) is 6.04 Å². The van der Waals surface area contributed by atoms with Crippen molar-refractivity contribution in [1.29, 1.82) is 0 Å². The van der Waals surface area contributed by atoms with Crippen LogP contribution in [0.15, 0.2) is 102 Å². The topological polar surface area (TPSA) is 18.8 Å². The van der Waals surface area contributed by atoms with Crippen molar-refractivity contribution in [2.75, 3.05) is 25.1 Å². The van der Waals surface area contributed by atoms with Gasteiger partial charge in [-0.05, 0) is 42.0 Å². The number of hydrogen-bond acceptors (Lipinski definition) is 3. The van der Waals surface area contributed by atoms with E-state index < -0.39 is 0 Å². The Morgan fingerprint density at radius 1 is 0.828 bits per heavy atom. The molecule has 2 aliphatic rings. The lowest BCUT2D eigenvalue weighted by atomic mass is 9.83. The Balaban J connectivity index is 1.62. The summed E-state index contributed by atoms with van der Waals surface area (Å²) >= 11 is 0. The summed E-state index contributed by atoms with van der Waals surface area (Å²) in [5, 5.41) is 7.43. The van der Waals surface area contributed by atoms with E-state index in [4.69, 9.17) is 5.10 Å². The zero-order chi connectivity index (χ0) is 19.6. The third-order valence-corrected chi connectivity index (χ3v) is 5.79. The molecule has 0 N–H and O–H groups in total. The highest BCUT2D eigenvalue weighted by Gasteiger charge is 2.43. The number of fused-ring (bicyclic) bond motifs is 1. The minimum Gasteiger partial charge on any atom is -0.301 e. The Kier molecular flexibility index (Phi) is 4.74. The van der Waals surface area contributed by atoms with Crippen molar-refractivity contribution in [3.63, 3.8) is 0 Å². The van der Waals surface area contributed by atoms with E-state index in [1.54, 1.807) is 0 Å². The number of likely N-dealkylation sites (N-methyl/N-ethyl adjacent to an activating group) is 1. The van der Waals surface area contributed by atoms with Crippen LogP contribution in [-0.2, 0) is 0 Å². The fourth-order valence-electron chi connectivity index (χ4n) is 4.53. The molecule has 3 nitrogen and oxygen atoms in total. The minimum absolute atomic E-state index is 0.204. The van der Waals surface area contributed by atoms with Crippen LogP contribution in [-0.4, -0.2) is 30.7 Å². The summed E-state index contributed by atoms with van der Waals surface area (Å²) in [7, 11) is 2.21. The van der Waals surface area contributed by atoms with Crippen LogP contribution in [0, 0.1) is 5.92 Å². The molecule has 0 spiro atoms. The van der Waals surface area contributed by atoms with Crippen molar-refractivity contribution in [3.05, 3.63) is 108 Å². The van der Waals surface area contributed by atoms with E-state index in [-0.39, 0.29) is 6.04 Å². The Morgan fingerprint density at radius 3 is 2.14 bits per heavy atom. The van der Waals surface area contributed by atoms with Crippen molar-refractivity contribution >= 4 is 17.5 Å². The monoisotopic (exact) mass is 379 g/mol. The highest BCUT2D eigenvalue weighted by Crippen LogP contribution is 2.42. The molecule has 0 amide bonds. The number of hydrogen-bond donors (Lipinski definition) is 0. The van der Waals surface area contributed by atoms with Crippen molar-refractivity contribution in [2.24, 2.45) is 11.0 Å². The molecule has 0 radical (unpaired) electrons. The fraction of sp³-hybridized carbons (Fsp3) is 0.192. The first kappa shape index (κ1) is 17.9. The normalized spacial score (nSPS) is 23.1. The third kappa shape index (κ3) is 3.50. The SMILES string of the molecule is CN1C/C(=C\c2ccccc2)C2=NN(c3ccccc3)[C@H](c3ccccc3)[C@H]2C1. The van der Waals surface area contributed by atoms with Gasteiger partial charge in [-0.2, -0.15) is 5.10 Å². The van der Waals surface area contributed by atoms with Gasteiger partial charge in [0.25, 0.3) is 0 Å². The van der Waals surface area contributed by atoms with Crippen LogP contribution >= 0.6 is 0 Å². The standard InChI is InChI=1S/C26H25N3/c1-28-18-22(17-20-11-5-2-6-12-20)25-24(19-28)26(21-13-7-3-8-14-21)29(27-25)23-15-9-4-10-16-23/h2-17,24,26H,18-19H2,1H3/b22-17+/t24-,26+/m0/s1. The molecular weight excluding hydrogens is 354 g/mol. The molecule has 29 heavy (non-hydrogen) atoms. The second-order valence-electron chi connectivity index (χ2n) is 7.90. The summed E-state index contributed by atoms with van der Waals surface area (Å²) < 4.78 is 0. The largest absolute Gasteiger partial charge is 0.301 e. The van der Waals surface area contributed by atoms with Gasteiger partial charge >= 0.3 is 0 Å². The smallest absolute Gasteiger partial charge is 0.0872 e. The number of nitrogens with zero attached hydrogens (tertiary/aromatic N) is 3. The molecule has 0 unspecified atom stereocenters. The molecule has 0 aliphatic carbocycles. The molecule has 0 aromatic heterocycles. The minimum atomic E-state index is 0.204. The summed E-state index contributed by atoms with van der Waals surface area (Å²) in [5.41, 5.74) is 6.23. The zero-order valence-electron chi connectivity index (χ0n) is 16.6. The molecule has 144 valence electrons. The molecule has 2 aliphatic heterocycles. The van der Waals surface area contributed by atoms with Crippen LogP contribution in [0.5, 0.6) is 0 Å². The van der Waals surface area contributed by atoms with Crippen LogP contribution in [0.1, 0.15) is 17.2 Å². The highest BCUT2D eigenvalue weighted by atomic mass is 15.5. The van der Waals surface area contributed by atoms with E-state index in [0.717, 1.165) is 18.8 Å². The van der Waals surface area contributed by atoms with E-state index in [2.05, 4.69) is 114 Å². The molecular formula is C26H25N3. The predicted octanol–water partition coefficient (Wildman–Crippen LogP) is 5.25. The van der Waals surface area contributed by atoms with Crippen molar-refractivity contribution in [1.82, 2.24) is 4.90 Å². The first-order valence-corrected chi connectivity index (χ1v) is 10.2. The van der Waals surface area contributed by atoms with Gasteiger partial charge < -0.3 is 4.90 Å². The summed E-state index contributed by atoms with van der Waals surface area (Å²) in [6.45, 7) is 1.93. The second kappa shape index (κ2) is 7.69. The van der Waals surface area contributed by atoms with Gasteiger partial charge in [-0.3, -0.25) is 5.01 Å². The summed E-state index contributed by atoms with van der Waals surface area (Å²) in [5.74, 6) is 0.339. The maximum atomic E-state index is 5.21. The van der Waals surface area contributed by atoms with E-state index >= 15 is 0 Å². The highest BCUT2D eigenvalue weighted by molar-refractivity contribution is 6.08. The third-order valence-electron chi connectivity index (χ3n) is 5.79. The average Bonchev–Trinajstić information content (AvgIpc) is 3.15. The quantitative estimate of drug-likeness (QED) is 0.619. The van der Waals surface area contributed by atoms with E-state index in [9.17, 15) is 0 Å². The number of piperidine rings is 1. The van der Waals surface area contributed by atoms with Gasteiger partial charge in [0, 0.05) is 19.0 Å². The maximum Gasteiger partial charge on any atom is 0.0872 e. The van der Waals surface area contributed by atoms with Gasteiger partial charge in [0.2, 0.25) is 0 Å².